The van der Waals surface area contributed by atoms with Gasteiger partial charge >= 0.3 is 0 Å². The zero-order valence-corrected chi connectivity index (χ0v) is 12.4. The molecule has 2 aromatic rings. The highest BCUT2D eigenvalue weighted by Crippen LogP contribution is 2.25. The number of rotatable bonds is 4. The Morgan fingerprint density at radius 2 is 2.10 bits per heavy atom. The van der Waals surface area contributed by atoms with Gasteiger partial charge in [0.25, 0.3) is 10.0 Å². The van der Waals surface area contributed by atoms with Crippen LogP contribution in [0.2, 0.25) is 5.02 Å². The van der Waals surface area contributed by atoms with Crippen LogP contribution in [0.5, 0.6) is 0 Å². The van der Waals surface area contributed by atoms with Crippen LogP contribution in [0, 0.1) is 0 Å². The molecular formula is C13H14ClN3O2S. The van der Waals surface area contributed by atoms with Crippen LogP contribution in [0.4, 0.5) is 11.5 Å². The minimum Gasteiger partial charge on any atom is -0.399 e. The molecule has 106 valence electrons. The van der Waals surface area contributed by atoms with Crippen LogP contribution in [0.1, 0.15) is 12.5 Å². The topological polar surface area (TPSA) is 85.1 Å². The van der Waals surface area contributed by atoms with Gasteiger partial charge in [-0.3, -0.25) is 4.72 Å². The number of halogens is 1. The summed E-state index contributed by atoms with van der Waals surface area (Å²) in [6, 6.07) is 7.98. The number of sulfonamides is 1. The number of nitrogens with zero attached hydrogens (tertiary/aromatic N) is 1. The lowest BCUT2D eigenvalue weighted by atomic mass is 10.1. The summed E-state index contributed by atoms with van der Waals surface area (Å²) < 4.78 is 27.2. The maximum Gasteiger partial charge on any atom is 0.263 e. The molecule has 0 unspecified atom stereocenters. The van der Waals surface area contributed by atoms with E-state index in [0.717, 1.165) is 0 Å². The van der Waals surface area contributed by atoms with Crippen molar-refractivity contribution in [2.45, 2.75) is 18.2 Å². The third-order valence-corrected chi connectivity index (χ3v) is 4.48. The van der Waals surface area contributed by atoms with Crippen molar-refractivity contribution in [2.75, 3.05) is 10.5 Å². The maximum absolute atomic E-state index is 12.4. The van der Waals surface area contributed by atoms with Crippen molar-refractivity contribution < 1.29 is 8.42 Å². The van der Waals surface area contributed by atoms with Crippen molar-refractivity contribution in [1.82, 2.24) is 4.98 Å². The van der Waals surface area contributed by atoms with E-state index in [2.05, 4.69) is 9.71 Å². The zero-order valence-electron chi connectivity index (χ0n) is 10.8. The van der Waals surface area contributed by atoms with Gasteiger partial charge in [-0.15, -0.1) is 0 Å². The number of hydrogen-bond donors (Lipinski definition) is 2. The average Bonchev–Trinajstić information content (AvgIpc) is 2.41. The molecule has 1 aromatic heterocycles. The highest BCUT2D eigenvalue weighted by atomic mass is 35.5. The Morgan fingerprint density at radius 1 is 1.35 bits per heavy atom. The van der Waals surface area contributed by atoms with Gasteiger partial charge in [-0.05, 0) is 36.2 Å². The highest BCUT2D eigenvalue weighted by Gasteiger charge is 2.20. The van der Waals surface area contributed by atoms with Gasteiger partial charge in [0, 0.05) is 11.9 Å². The van der Waals surface area contributed by atoms with Crippen molar-refractivity contribution >= 4 is 33.1 Å². The molecule has 3 N–H and O–H groups in total. The lowest BCUT2D eigenvalue weighted by Crippen LogP contribution is -2.16. The molecule has 0 amide bonds. The Morgan fingerprint density at radius 3 is 2.75 bits per heavy atom. The summed E-state index contributed by atoms with van der Waals surface area (Å²) in [5.74, 6) is 0.0960. The third-order valence-electron chi connectivity index (χ3n) is 2.75. The molecule has 2 rings (SSSR count). The SMILES string of the molecule is CCc1ccc(N)cc1S(=O)(=O)Nc1ncccc1Cl. The lowest BCUT2D eigenvalue weighted by molar-refractivity contribution is 0.600. The van der Waals surface area contributed by atoms with E-state index in [9.17, 15) is 8.42 Å². The molecule has 0 aliphatic rings. The van der Waals surface area contributed by atoms with Gasteiger partial charge in [-0.2, -0.15) is 0 Å². The van der Waals surface area contributed by atoms with E-state index in [4.69, 9.17) is 17.3 Å². The summed E-state index contributed by atoms with van der Waals surface area (Å²) in [5, 5.41) is 0.234. The summed E-state index contributed by atoms with van der Waals surface area (Å²) >= 11 is 5.91. The fraction of sp³-hybridized carbons (Fsp3) is 0.154. The lowest BCUT2D eigenvalue weighted by Gasteiger charge is -2.12. The average molecular weight is 312 g/mol. The first-order valence-corrected chi connectivity index (χ1v) is 7.82. The predicted molar refractivity (Wildman–Crippen MR) is 80.3 cm³/mol. The van der Waals surface area contributed by atoms with Crippen molar-refractivity contribution in [1.29, 1.82) is 0 Å². The second-order valence-electron chi connectivity index (χ2n) is 4.16. The number of hydrogen-bond acceptors (Lipinski definition) is 4. The largest absolute Gasteiger partial charge is 0.399 e. The van der Waals surface area contributed by atoms with Crippen LogP contribution in [0.3, 0.4) is 0 Å². The fourth-order valence-electron chi connectivity index (χ4n) is 1.76. The number of aryl methyl sites for hydroxylation is 1. The second kappa shape index (κ2) is 5.68. The van der Waals surface area contributed by atoms with E-state index in [-0.39, 0.29) is 15.7 Å². The van der Waals surface area contributed by atoms with E-state index < -0.39 is 10.0 Å². The van der Waals surface area contributed by atoms with Crippen LogP contribution < -0.4 is 10.5 Å². The Balaban J connectivity index is 2.46. The quantitative estimate of drug-likeness (QED) is 0.850. The molecular weight excluding hydrogens is 298 g/mol. The van der Waals surface area contributed by atoms with Crippen LogP contribution in [0.15, 0.2) is 41.4 Å². The molecule has 0 aliphatic heterocycles. The first kappa shape index (κ1) is 14.6. The van der Waals surface area contributed by atoms with Gasteiger partial charge in [0.15, 0.2) is 5.82 Å². The monoisotopic (exact) mass is 311 g/mol. The molecule has 0 aliphatic carbocycles. The smallest absolute Gasteiger partial charge is 0.263 e. The summed E-state index contributed by atoms with van der Waals surface area (Å²) in [7, 11) is -3.78. The summed E-state index contributed by atoms with van der Waals surface area (Å²) in [4.78, 5) is 4.05. The molecule has 0 saturated heterocycles. The Kier molecular flexibility index (Phi) is 4.15. The van der Waals surface area contributed by atoms with E-state index in [0.29, 0.717) is 17.7 Å². The molecule has 20 heavy (non-hydrogen) atoms. The maximum atomic E-state index is 12.4. The Hall–Kier alpha value is -1.79. The number of nitrogens with two attached hydrogens (primary N) is 1. The van der Waals surface area contributed by atoms with Crippen molar-refractivity contribution in [3.63, 3.8) is 0 Å². The molecule has 0 spiro atoms. The molecule has 7 heteroatoms. The molecule has 0 saturated carbocycles. The first-order valence-electron chi connectivity index (χ1n) is 5.96. The van der Waals surface area contributed by atoms with E-state index in [1.807, 2.05) is 6.92 Å². The first-order chi connectivity index (χ1) is 9.44. The van der Waals surface area contributed by atoms with Crippen molar-refractivity contribution in [3.05, 3.63) is 47.1 Å². The van der Waals surface area contributed by atoms with Gasteiger partial charge in [0.1, 0.15) is 0 Å². The summed E-state index contributed by atoms with van der Waals surface area (Å²) in [6.45, 7) is 1.87. The number of nitrogens with one attached hydrogen (secondary N) is 1. The van der Waals surface area contributed by atoms with Crippen LogP contribution >= 0.6 is 11.6 Å². The zero-order chi connectivity index (χ0) is 14.8. The highest BCUT2D eigenvalue weighted by molar-refractivity contribution is 7.92. The van der Waals surface area contributed by atoms with Gasteiger partial charge in [-0.25, -0.2) is 13.4 Å². The summed E-state index contributed by atoms with van der Waals surface area (Å²) in [6.07, 6.45) is 2.04. The number of nitrogen functional groups attached to an aromatic ring is 1. The van der Waals surface area contributed by atoms with E-state index in [1.54, 1.807) is 24.3 Å². The molecule has 0 fully saturated rings. The van der Waals surface area contributed by atoms with Gasteiger partial charge in [-0.1, -0.05) is 24.6 Å². The third kappa shape index (κ3) is 3.02. The van der Waals surface area contributed by atoms with Gasteiger partial charge < -0.3 is 5.73 Å². The predicted octanol–water partition coefficient (Wildman–Crippen LogP) is 2.68. The fourth-order valence-corrected chi connectivity index (χ4v) is 3.36. The van der Waals surface area contributed by atoms with Crippen LogP contribution in [0.25, 0.3) is 0 Å². The van der Waals surface area contributed by atoms with Crippen LogP contribution in [-0.2, 0) is 16.4 Å². The normalized spacial score (nSPS) is 11.3. The Labute approximate surface area is 122 Å². The molecule has 1 heterocycles. The van der Waals surface area contributed by atoms with Gasteiger partial charge in [0.05, 0.1) is 9.92 Å². The van der Waals surface area contributed by atoms with Crippen molar-refractivity contribution in [2.24, 2.45) is 0 Å². The van der Waals surface area contributed by atoms with E-state index >= 15 is 0 Å². The molecule has 0 radical (unpaired) electrons. The van der Waals surface area contributed by atoms with E-state index in [1.165, 1.54) is 12.3 Å². The second-order valence-corrected chi connectivity index (χ2v) is 6.22. The standard InChI is InChI=1S/C13H14ClN3O2S/c1-2-9-5-6-10(15)8-12(9)20(18,19)17-13-11(14)4-3-7-16-13/h3-8H,2,15H2,1H3,(H,16,17). The molecule has 0 bridgehead atoms. The number of pyridine rings is 1. The minimum atomic E-state index is -3.78. The van der Waals surface area contributed by atoms with Crippen molar-refractivity contribution in [3.8, 4) is 0 Å². The van der Waals surface area contributed by atoms with Crippen LogP contribution in [-0.4, -0.2) is 13.4 Å². The molecule has 0 atom stereocenters. The Bertz CT molecular complexity index is 732. The number of anilines is 2. The summed E-state index contributed by atoms with van der Waals surface area (Å²) in [5.41, 5.74) is 6.73. The minimum absolute atomic E-state index is 0.0960. The van der Waals surface area contributed by atoms with Gasteiger partial charge in [0.2, 0.25) is 0 Å². The number of benzene rings is 1. The number of aromatic nitrogens is 1. The molecule has 5 nitrogen and oxygen atoms in total. The molecule has 1 aromatic carbocycles.